The van der Waals surface area contributed by atoms with Crippen molar-refractivity contribution in [2.75, 3.05) is 13.1 Å². The van der Waals surface area contributed by atoms with Crippen molar-refractivity contribution >= 4 is 22.9 Å². The minimum Gasteiger partial charge on any atom is -0.341 e. The van der Waals surface area contributed by atoms with Gasteiger partial charge in [0.1, 0.15) is 5.78 Å². The summed E-state index contributed by atoms with van der Waals surface area (Å²) >= 11 is 0. The number of carbonyl (C=O) groups excluding carboxylic acids is 2. The summed E-state index contributed by atoms with van der Waals surface area (Å²) in [6.07, 6.45) is 1.35. The van der Waals surface area contributed by atoms with E-state index in [0.717, 1.165) is 4.57 Å². The van der Waals surface area contributed by atoms with Crippen molar-refractivity contribution in [2.45, 2.75) is 26.8 Å². The lowest BCUT2D eigenvalue weighted by molar-refractivity contribution is -0.134. The fourth-order valence-corrected chi connectivity index (χ4v) is 2.58. The van der Waals surface area contributed by atoms with Gasteiger partial charge in [-0.3, -0.25) is 23.5 Å². The number of imidazole rings is 1. The van der Waals surface area contributed by atoms with Crippen molar-refractivity contribution < 1.29 is 9.59 Å². The smallest absolute Gasteiger partial charge is 0.332 e. The van der Waals surface area contributed by atoms with E-state index in [4.69, 9.17) is 0 Å². The Hall–Kier alpha value is -2.71. The molecule has 0 atom stereocenters. The molecule has 0 saturated heterocycles. The highest BCUT2D eigenvalue weighted by molar-refractivity contribution is 5.96. The normalized spacial score (nSPS) is 11.0. The Bertz CT molecular complexity index is 905. The van der Waals surface area contributed by atoms with Crippen LogP contribution in [0.15, 0.2) is 15.9 Å². The van der Waals surface area contributed by atoms with Gasteiger partial charge in [-0.2, -0.15) is 0 Å². The predicted octanol–water partition coefficient (Wildman–Crippen LogP) is -0.739. The van der Waals surface area contributed by atoms with E-state index in [0.29, 0.717) is 30.8 Å². The van der Waals surface area contributed by atoms with E-state index < -0.39 is 11.2 Å². The quantitative estimate of drug-likeness (QED) is 0.648. The van der Waals surface area contributed by atoms with Crippen molar-refractivity contribution in [3.63, 3.8) is 0 Å². The minimum atomic E-state index is -0.440. The number of Topliss-reactive ketones (excluding diaryl/α,β-unsaturated/α-hetero) is 1. The fourth-order valence-electron chi connectivity index (χ4n) is 2.58. The first-order valence-electron chi connectivity index (χ1n) is 7.66. The van der Waals surface area contributed by atoms with E-state index in [1.807, 2.05) is 6.92 Å². The number of aryl methyl sites for hydroxylation is 1. The van der Waals surface area contributed by atoms with Crippen LogP contribution in [0.25, 0.3) is 11.2 Å². The van der Waals surface area contributed by atoms with Crippen LogP contribution in [0, 0.1) is 0 Å². The summed E-state index contributed by atoms with van der Waals surface area (Å²) in [5.74, 6) is -0.426. The molecular formula is C15H21N5O4. The van der Waals surface area contributed by atoms with Crippen molar-refractivity contribution in [3.05, 3.63) is 27.2 Å². The molecule has 9 heteroatoms. The Morgan fingerprint density at radius 3 is 2.46 bits per heavy atom. The summed E-state index contributed by atoms with van der Waals surface area (Å²) in [5.41, 5.74) is -0.246. The zero-order valence-corrected chi connectivity index (χ0v) is 14.3. The summed E-state index contributed by atoms with van der Waals surface area (Å²) in [7, 11) is 2.96. The largest absolute Gasteiger partial charge is 0.341 e. The third-order valence-electron chi connectivity index (χ3n) is 3.96. The number of rotatable bonds is 6. The first-order valence-corrected chi connectivity index (χ1v) is 7.66. The highest BCUT2D eigenvalue weighted by Crippen LogP contribution is 2.06. The third-order valence-corrected chi connectivity index (χ3v) is 3.96. The Labute approximate surface area is 138 Å². The Morgan fingerprint density at radius 1 is 1.21 bits per heavy atom. The van der Waals surface area contributed by atoms with E-state index >= 15 is 0 Å². The fraction of sp³-hybridized carbons (Fsp3) is 0.533. The molecule has 0 aliphatic carbocycles. The first kappa shape index (κ1) is 17.6. The highest BCUT2D eigenvalue weighted by Gasteiger charge is 2.17. The van der Waals surface area contributed by atoms with Gasteiger partial charge in [-0.05, 0) is 13.8 Å². The highest BCUT2D eigenvalue weighted by atomic mass is 16.2. The number of hydrogen-bond donors (Lipinski definition) is 0. The van der Waals surface area contributed by atoms with Gasteiger partial charge < -0.3 is 9.47 Å². The number of nitrogens with zero attached hydrogens (tertiary/aromatic N) is 5. The lowest BCUT2D eigenvalue weighted by atomic mass is 10.2. The third kappa shape index (κ3) is 3.15. The molecule has 2 heterocycles. The average molecular weight is 335 g/mol. The second-order valence-electron chi connectivity index (χ2n) is 5.67. The Balaban J connectivity index is 2.31. The summed E-state index contributed by atoms with van der Waals surface area (Å²) in [5, 5.41) is 0. The average Bonchev–Trinajstić information content (AvgIpc) is 2.95. The summed E-state index contributed by atoms with van der Waals surface area (Å²) in [4.78, 5) is 53.0. The second-order valence-corrected chi connectivity index (χ2v) is 5.67. The molecule has 2 aromatic rings. The minimum absolute atomic E-state index is 0.130. The van der Waals surface area contributed by atoms with Gasteiger partial charge in [-0.25, -0.2) is 9.78 Å². The molecule has 0 aliphatic heterocycles. The molecule has 0 N–H and O–H groups in total. The predicted molar refractivity (Wildman–Crippen MR) is 87.8 cm³/mol. The van der Waals surface area contributed by atoms with E-state index in [1.165, 1.54) is 24.9 Å². The molecule has 130 valence electrons. The summed E-state index contributed by atoms with van der Waals surface area (Å²) < 4.78 is 3.96. The molecule has 9 nitrogen and oxygen atoms in total. The van der Waals surface area contributed by atoms with Crippen LogP contribution in [-0.2, 0) is 30.2 Å². The van der Waals surface area contributed by atoms with Crippen LogP contribution in [0.3, 0.4) is 0 Å². The van der Waals surface area contributed by atoms with Gasteiger partial charge in [0.25, 0.3) is 5.56 Å². The molecule has 0 aliphatic rings. The van der Waals surface area contributed by atoms with Crippen LogP contribution < -0.4 is 11.2 Å². The zero-order chi connectivity index (χ0) is 18.0. The first-order chi connectivity index (χ1) is 11.3. The van der Waals surface area contributed by atoms with Gasteiger partial charge >= 0.3 is 5.69 Å². The molecule has 0 spiro atoms. The van der Waals surface area contributed by atoms with Crippen molar-refractivity contribution in [2.24, 2.45) is 14.1 Å². The molecule has 0 aromatic carbocycles. The van der Waals surface area contributed by atoms with Gasteiger partial charge in [0.05, 0.1) is 12.7 Å². The monoisotopic (exact) mass is 335 g/mol. The molecule has 24 heavy (non-hydrogen) atoms. The van der Waals surface area contributed by atoms with Crippen molar-refractivity contribution in [1.82, 2.24) is 23.6 Å². The maximum Gasteiger partial charge on any atom is 0.332 e. The number of likely N-dealkylation sites (N-methyl/N-ethyl adjacent to an activating group) is 1. The number of ketones is 1. The summed E-state index contributed by atoms with van der Waals surface area (Å²) in [6, 6.07) is 0. The molecular weight excluding hydrogens is 314 g/mol. The van der Waals surface area contributed by atoms with E-state index in [2.05, 4.69) is 4.98 Å². The van der Waals surface area contributed by atoms with Crippen LogP contribution in [0.4, 0.5) is 0 Å². The molecule has 0 unspecified atom stereocenters. The molecule has 0 radical (unpaired) electrons. The van der Waals surface area contributed by atoms with Crippen LogP contribution in [0.5, 0.6) is 0 Å². The molecule has 2 rings (SSSR count). The Morgan fingerprint density at radius 2 is 1.88 bits per heavy atom. The maximum absolute atomic E-state index is 12.3. The number of hydrogen-bond acceptors (Lipinski definition) is 5. The van der Waals surface area contributed by atoms with Crippen LogP contribution >= 0.6 is 0 Å². The zero-order valence-electron chi connectivity index (χ0n) is 14.3. The topological polar surface area (TPSA) is 99.2 Å². The van der Waals surface area contributed by atoms with E-state index in [9.17, 15) is 19.2 Å². The van der Waals surface area contributed by atoms with Crippen molar-refractivity contribution in [1.29, 1.82) is 0 Å². The van der Waals surface area contributed by atoms with E-state index in [1.54, 1.807) is 16.5 Å². The van der Waals surface area contributed by atoms with Gasteiger partial charge in [-0.1, -0.05) is 0 Å². The lowest BCUT2D eigenvalue weighted by Crippen LogP contribution is -2.38. The number of amides is 1. The molecule has 2 aromatic heterocycles. The maximum atomic E-state index is 12.3. The van der Waals surface area contributed by atoms with Crippen LogP contribution in [0.2, 0.25) is 0 Å². The standard InChI is InChI=1S/C15H21N5O4/c1-5-19(11(22)8-10(2)21)6-7-20-9-16-13-12(20)14(23)18(4)15(24)17(13)3/h9H,5-8H2,1-4H3. The molecule has 0 fully saturated rings. The molecule has 0 bridgehead atoms. The van der Waals surface area contributed by atoms with Gasteiger partial charge in [-0.15, -0.1) is 0 Å². The number of carbonyl (C=O) groups is 2. The SMILES string of the molecule is CCN(CCn1cnc2c1c(=O)n(C)c(=O)n2C)C(=O)CC(C)=O. The van der Waals surface area contributed by atoms with Gasteiger partial charge in [0.15, 0.2) is 11.2 Å². The molecule has 0 saturated carbocycles. The van der Waals surface area contributed by atoms with E-state index in [-0.39, 0.29) is 18.1 Å². The lowest BCUT2D eigenvalue weighted by Gasteiger charge is -2.20. The number of fused-ring (bicyclic) bond motifs is 1. The number of aromatic nitrogens is 4. The van der Waals surface area contributed by atoms with Gasteiger partial charge in [0.2, 0.25) is 5.91 Å². The Kier molecular flexibility index (Phi) is 5.01. The summed E-state index contributed by atoms with van der Waals surface area (Å²) in [6.45, 7) is 4.36. The second kappa shape index (κ2) is 6.81. The van der Waals surface area contributed by atoms with Crippen LogP contribution in [0.1, 0.15) is 20.3 Å². The van der Waals surface area contributed by atoms with Crippen LogP contribution in [-0.4, -0.2) is 48.4 Å². The van der Waals surface area contributed by atoms with Gasteiger partial charge in [0, 0.05) is 33.7 Å². The van der Waals surface area contributed by atoms with Crippen molar-refractivity contribution in [3.8, 4) is 0 Å². The molecule has 1 amide bonds.